The third kappa shape index (κ3) is 5.06. The van der Waals surface area contributed by atoms with Gasteiger partial charge in [0, 0.05) is 19.6 Å². The number of hydrogen-bond acceptors (Lipinski definition) is 2. The van der Waals surface area contributed by atoms with Crippen molar-refractivity contribution in [2.45, 2.75) is 31.9 Å². The number of alkyl halides is 3. The molecule has 0 atom stereocenters. The van der Waals surface area contributed by atoms with Crippen molar-refractivity contribution in [2.24, 2.45) is 11.8 Å². The molecule has 0 spiro atoms. The largest absolute Gasteiger partial charge is 0.471 e. The molecule has 21 heavy (non-hydrogen) atoms. The molecule has 2 aliphatic rings. The van der Waals surface area contributed by atoms with Gasteiger partial charge in [-0.3, -0.25) is 9.59 Å². The first-order valence-electron chi connectivity index (χ1n) is 7.18. The second-order valence-electron chi connectivity index (χ2n) is 5.68. The highest BCUT2D eigenvalue weighted by Gasteiger charge is 2.43. The van der Waals surface area contributed by atoms with Crippen LogP contribution in [0.5, 0.6) is 0 Å². The molecule has 2 fully saturated rings. The second kappa shape index (κ2) is 6.49. The molecule has 2 amide bonds. The molecule has 1 aliphatic heterocycles. The summed E-state index contributed by atoms with van der Waals surface area (Å²) in [5.74, 6) is -1.26. The Balaban J connectivity index is 1.67. The quantitative estimate of drug-likeness (QED) is 0.806. The van der Waals surface area contributed by atoms with Crippen molar-refractivity contribution in [1.82, 2.24) is 10.2 Å². The fraction of sp³-hybridized carbons (Fsp3) is 0.714. The molecule has 1 heterocycles. The first-order chi connectivity index (χ1) is 9.86. The minimum Gasteiger partial charge on any atom is -0.352 e. The third-order valence-corrected chi connectivity index (χ3v) is 3.85. The van der Waals surface area contributed by atoms with Crippen LogP contribution in [0.1, 0.15) is 25.7 Å². The highest BCUT2D eigenvalue weighted by molar-refractivity contribution is 5.87. The van der Waals surface area contributed by atoms with Gasteiger partial charge in [0.25, 0.3) is 0 Å². The summed E-state index contributed by atoms with van der Waals surface area (Å²) in [6.07, 6.45) is 1.85. The van der Waals surface area contributed by atoms with Gasteiger partial charge in [-0.1, -0.05) is 6.08 Å². The number of hydrogen-bond donors (Lipinski definition) is 1. The van der Waals surface area contributed by atoms with Crippen molar-refractivity contribution >= 4 is 11.8 Å². The maximum absolute atomic E-state index is 12.3. The van der Waals surface area contributed by atoms with E-state index in [0.717, 1.165) is 17.7 Å². The van der Waals surface area contributed by atoms with Crippen molar-refractivity contribution < 1.29 is 22.8 Å². The van der Waals surface area contributed by atoms with Crippen molar-refractivity contribution in [2.75, 3.05) is 19.6 Å². The van der Waals surface area contributed by atoms with E-state index in [9.17, 15) is 22.8 Å². The van der Waals surface area contributed by atoms with E-state index < -0.39 is 12.1 Å². The summed E-state index contributed by atoms with van der Waals surface area (Å²) in [5.41, 5.74) is 0. The Kier molecular flexibility index (Phi) is 4.90. The lowest BCUT2D eigenvalue weighted by Gasteiger charge is -2.32. The molecular formula is C14H19F3N2O2. The standard InChI is InChI=1S/C14H19F3N2O2/c15-14(16,17)13(21)19-7-5-11(6-8-19)9-18-12(20)4-3-10-1-2-10/h3-4,10-11H,1-2,5-9H2,(H,18,20)/b4-3+. The predicted octanol–water partition coefficient (Wildman–Crippen LogP) is 1.87. The first kappa shape index (κ1) is 15.9. The van der Waals surface area contributed by atoms with Gasteiger partial charge in [0.2, 0.25) is 5.91 Å². The smallest absolute Gasteiger partial charge is 0.352 e. The average molecular weight is 304 g/mol. The third-order valence-electron chi connectivity index (χ3n) is 3.85. The summed E-state index contributed by atoms with van der Waals surface area (Å²) in [5, 5.41) is 2.76. The van der Waals surface area contributed by atoms with Crippen LogP contribution >= 0.6 is 0 Å². The van der Waals surface area contributed by atoms with Crippen LogP contribution in [0, 0.1) is 11.8 Å². The number of nitrogens with one attached hydrogen (secondary N) is 1. The molecule has 118 valence electrons. The number of allylic oxidation sites excluding steroid dienone is 1. The topological polar surface area (TPSA) is 49.4 Å². The Morgan fingerprint density at radius 1 is 1.14 bits per heavy atom. The molecule has 0 aromatic rings. The normalized spacial score (nSPS) is 20.8. The lowest BCUT2D eigenvalue weighted by atomic mass is 9.96. The SMILES string of the molecule is O=C(/C=C/C1CC1)NCC1CCN(C(=O)C(F)(F)F)CC1. The van der Waals surface area contributed by atoms with Crippen LogP contribution in [0.25, 0.3) is 0 Å². The summed E-state index contributed by atoms with van der Waals surface area (Å²) in [6, 6.07) is 0. The summed E-state index contributed by atoms with van der Waals surface area (Å²) >= 11 is 0. The average Bonchev–Trinajstić information content (AvgIpc) is 3.26. The zero-order valence-corrected chi connectivity index (χ0v) is 11.7. The van der Waals surface area contributed by atoms with Crippen molar-refractivity contribution in [1.29, 1.82) is 0 Å². The van der Waals surface area contributed by atoms with Gasteiger partial charge in [-0.15, -0.1) is 0 Å². The van der Waals surface area contributed by atoms with Crippen molar-refractivity contribution in [3.63, 3.8) is 0 Å². The van der Waals surface area contributed by atoms with Crippen molar-refractivity contribution in [3.05, 3.63) is 12.2 Å². The van der Waals surface area contributed by atoms with Gasteiger partial charge in [0.15, 0.2) is 0 Å². The summed E-state index contributed by atoms with van der Waals surface area (Å²) < 4.78 is 36.9. The lowest BCUT2D eigenvalue weighted by Crippen LogP contribution is -2.46. The molecule has 1 N–H and O–H groups in total. The summed E-state index contributed by atoms with van der Waals surface area (Å²) in [6.45, 7) is 0.634. The highest BCUT2D eigenvalue weighted by Crippen LogP contribution is 2.29. The molecule has 0 radical (unpaired) electrons. The monoisotopic (exact) mass is 304 g/mol. The number of halogens is 3. The lowest BCUT2D eigenvalue weighted by molar-refractivity contribution is -0.186. The Hall–Kier alpha value is -1.53. The molecular weight excluding hydrogens is 285 g/mol. The van der Waals surface area contributed by atoms with Crippen LogP contribution in [0.15, 0.2) is 12.2 Å². The summed E-state index contributed by atoms with van der Waals surface area (Å²) in [7, 11) is 0. The van der Waals surface area contributed by atoms with Gasteiger partial charge < -0.3 is 10.2 Å². The van der Waals surface area contributed by atoms with Gasteiger partial charge in [0.05, 0.1) is 0 Å². The van der Waals surface area contributed by atoms with Gasteiger partial charge in [0.1, 0.15) is 0 Å². The molecule has 2 rings (SSSR count). The van der Waals surface area contributed by atoms with E-state index in [2.05, 4.69) is 5.32 Å². The van der Waals surface area contributed by atoms with Gasteiger partial charge in [-0.25, -0.2) is 0 Å². The highest BCUT2D eigenvalue weighted by atomic mass is 19.4. The zero-order chi connectivity index (χ0) is 15.5. The van der Waals surface area contributed by atoms with Crippen LogP contribution in [-0.4, -0.2) is 42.5 Å². The molecule has 4 nitrogen and oxygen atoms in total. The Morgan fingerprint density at radius 3 is 2.29 bits per heavy atom. The minimum absolute atomic E-state index is 0.0940. The molecule has 1 saturated heterocycles. The van der Waals surface area contributed by atoms with Crippen molar-refractivity contribution in [3.8, 4) is 0 Å². The van der Waals surface area contributed by atoms with E-state index in [0.29, 0.717) is 25.3 Å². The van der Waals surface area contributed by atoms with Gasteiger partial charge in [-0.2, -0.15) is 13.2 Å². The molecule has 0 bridgehead atoms. The van der Waals surface area contributed by atoms with Crippen LogP contribution in [0.2, 0.25) is 0 Å². The molecule has 0 aromatic carbocycles. The minimum atomic E-state index is -4.80. The van der Waals surface area contributed by atoms with E-state index in [1.807, 2.05) is 6.08 Å². The predicted molar refractivity (Wildman–Crippen MR) is 70.2 cm³/mol. The summed E-state index contributed by atoms with van der Waals surface area (Å²) in [4.78, 5) is 23.4. The van der Waals surface area contributed by atoms with E-state index in [-0.39, 0.29) is 24.9 Å². The van der Waals surface area contributed by atoms with E-state index in [1.165, 1.54) is 6.08 Å². The number of carbonyl (C=O) groups is 2. The number of carbonyl (C=O) groups excluding carboxylic acids is 2. The van der Waals surface area contributed by atoms with E-state index >= 15 is 0 Å². The maximum Gasteiger partial charge on any atom is 0.471 e. The van der Waals surface area contributed by atoms with Crippen LogP contribution < -0.4 is 5.32 Å². The fourth-order valence-electron chi connectivity index (χ4n) is 2.34. The molecule has 0 unspecified atom stereocenters. The van der Waals surface area contributed by atoms with E-state index in [4.69, 9.17) is 0 Å². The first-order valence-corrected chi connectivity index (χ1v) is 7.18. The van der Waals surface area contributed by atoms with Crippen LogP contribution in [0.3, 0.4) is 0 Å². The van der Waals surface area contributed by atoms with Crippen LogP contribution in [-0.2, 0) is 9.59 Å². The Bertz CT molecular complexity index is 422. The number of rotatable bonds is 4. The van der Waals surface area contributed by atoms with Gasteiger partial charge >= 0.3 is 12.1 Å². The zero-order valence-electron chi connectivity index (χ0n) is 11.7. The number of nitrogens with zero attached hydrogens (tertiary/aromatic N) is 1. The van der Waals surface area contributed by atoms with Gasteiger partial charge in [-0.05, 0) is 43.6 Å². The number of piperidine rings is 1. The Morgan fingerprint density at radius 2 is 1.76 bits per heavy atom. The fourth-order valence-corrected chi connectivity index (χ4v) is 2.34. The molecule has 1 saturated carbocycles. The van der Waals surface area contributed by atoms with E-state index in [1.54, 1.807) is 0 Å². The Labute approximate surface area is 121 Å². The second-order valence-corrected chi connectivity index (χ2v) is 5.68. The molecule has 1 aliphatic carbocycles. The van der Waals surface area contributed by atoms with Crippen LogP contribution in [0.4, 0.5) is 13.2 Å². The molecule has 7 heteroatoms. The maximum atomic E-state index is 12.3. The number of likely N-dealkylation sites (tertiary alicyclic amines) is 1. The molecule has 0 aromatic heterocycles. The number of amides is 2.